The van der Waals surface area contributed by atoms with Crippen molar-refractivity contribution in [2.75, 3.05) is 14.2 Å². The highest BCUT2D eigenvalue weighted by Gasteiger charge is 2.31. The van der Waals surface area contributed by atoms with Gasteiger partial charge in [0.2, 0.25) is 11.2 Å². The molecule has 136 valence electrons. The molecule has 1 N–H and O–H groups in total. The minimum Gasteiger partial charge on any atom is -0.502 e. The second-order valence-electron chi connectivity index (χ2n) is 5.39. The zero-order valence-electron chi connectivity index (χ0n) is 13.7. The second kappa shape index (κ2) is 6.29. The smallest absolute Gasteiger partial charge is 0.416 e. The number of rotatable bonds is 3. The lowest BCUT2D eigenvalue weighted by molar-refractivity contribution is -0.137. The van der Waals surface area contributed by atoms with Crippen LogP contribution < -0.4 is 14.9 Å². The SMILES string of the molecule is COc1cc2oc(-c3cccc(C(F)(F)F)c3)c(O)c(=O)c2cc1OC. The molecule has 0 radical (unpaired) electrons. The molecule has 0 bridgehead atoms. The molecule has 5 nitrogen and oxygen atoms in total. The summed E-state index contributed by atoms with van der Waals surface area (Å²) >= 11 is 0. The van der Waals surface area contributed by atoms with Crippen molar-refractivity contribution in [3.05, 3.63) is 52.2 Å². The van der Waals surface area contributed by atoms with Crippen molar-refractivity contribution < 1.29 is 32.2 Å². The third-order valence-electron chi connectivity index (χ3n) is 3.82. The monoisotopic (exact) mass is 366 g/mol. The molecule has 1 heterocycles. The Kier molecular flexibility index (Phi) is 4.27. The van der Waals surface area contributed by atoms with Gasteiger partial charge in [0, 0.05) is 11.6 Å². The van der Waals surface area contributed by atoms with E-state index in [1.54, 1.807) is 0 Å². The molecule has 3 rings (SSSR count). The lowest BCUT2D eigenvalue weighted by Gasteiger charge is -2.12. The number of alkyl halides is 3. The van der Waals surface area contributed by atoms with Gasteiger partial charge in [0.25, 0.3) is 0 Å². The maximum absolute atomic E-state index is 12.9. The highest BCUT2D eigenvalue weighted by atomic mass is 19.4. The molecule has 0 unspecified atom stereocenters. The van der Waals surface area contributed by atoms with E-state index < -0.39 is 22.9 Å². The number of methoxy groups -OCH3 is 2. The van der Waals surface area contributed by atoms with Gasteiger partial charge >= 0.3 is 6.18 Å². The molecule has 0 spiro atoms. The van der Waals surface area contributed by atoms with Gasteiger partial charge in [-0.2, -0.15) is 13.2 Å². The van der Waals surface area contributed by atoms with Gasteiger partial charge in [0.15, 0.2) is 17.3 Å². The first-order chi connectivity index (χ1) is 12.3. The Hall–Kier alpha value is -3.16. The standard InChI is InChI=1S/C18H13F3O5/c1-24-13-7-11-12(8-14(13)25-2)26-17(16(23)15(11)22)9-4-3-5-10(6-9)18(19,20)21/h3-8,23H,1-2H3. The summed E-state index contributed by atoms with van der Waals surface area (Å²) in [5.74, 6) is -0.632. The van der Waals surface area contributed by atoms with Gasteiger partial charge in [-0.25, -0.2) is 0 Å². The van der Waals surface area contributed by atoms with E-state index in [0.29, 0.717) is 0 Å². The lowest BCUT2D eigenvalue weighted by Crippen LogP contribution is -2.06. The van der Waals surface area contributed by atoms with Crippen molar-refractivity contribution in [3.8, 4) is 28.6 Å². The fraction of sp³-hybridized carbons (Fsp3) is 0.167. The number of fused-ring (bicyclic) bond motifs is 1. The maximum atomic E-state index is 12.9. The first-order valence-corrected chi connectivity index (χ1v) is 7.35. The number of benzene rings is 2. The van der Waals surface area contributed by atoms with Crippen LogP contribution >= 0.6 is 0 Å². The summed E-state index contributed by atoms with van der Waals surface area (Å²) in [6.07, 6.45) is -4.57. The van der Waals surface area contributed by atoms with Gasteiger partial charge in [-0.05, 0) is 18.2 Å². The van der Waals surface area contributed by atoms with Crippen LogP contribution in [0.25, 0.3) is 22.3 Å². The molecule has 0 fully saturated rings. The van der Waals surface area contributed by atoms with E-state index in [2.05, 4.69) is 0 Å². The van der Waals surface area contributed by atoms with Crippen LogP contribution in [0.15, 0.2) is 45.6 Å². The minimum absolute atomic E-state index is 0.0101. The molecule has 0 aliphatic rings. The number of aromatic hydroxyl groups is 1. The van der Waals surface area contributed by atoms with Crippen LogP contribution in [0.5, 0.6) is 17.2 Å². The number of hydrogen-bond acceptors (Lipinski definition) is 5. The summed E-state index contributed by atoms with van der Waals surface area (Å²) < 4.78 is 54.5. The van der Waals surface area contributed by atoms with E-state index in [4.69, 9.17) is 13.9 Å². The lowest BCUT2D eigenvalue weighted by atomic mass is 10.1. The van der Waals surface area contributed by atoms with Gasteiger partial charge in [-0.1, -0.05) is 12.1 Å². The zero-order valence-corrected chi connectivity index (χ0v) is 13.7. The average molecular weight is 366 g/mol. The number of hydrogen-bond donors (Lipinski definition) is 1. The molecule has 0 amide bonds. The molecule has 0 saturated heterocycles. The van der Waals surface area contributed by atoms with Gasteiger partial charge in [0.1, 0.15) is 5.58 Å². The fourth-order valence-electron chi connectivity index (χ4n) is 2.54. The first kappa shape index (κ1) is 17.7. The molecule has 26 heavy (non-hydrogen) atoms. The quantitative estimate of drug-likeness (QED) is 0.752. The molecule has 0 atom stereocenters. The van der Waals surface area contributed by atoms with Crippen molar-refractivity contribution >= 4 is 11.0 Å². The Morgan fingerprint density at radius 1 is 1.04 bits per heavy atom. The molecule has 0 aliphatic carbocycles. The molecule has 0 aliphatic heterocycles. The third kappa shape index (κ3) is 2.94. The first-order valence-electron chi connectivity index (χ1n) is 7.35. The van der Waals surface area contributed by atoms with E-state index >= 15 is 0 Å². The average Bonchev–Trinajstić information content (AvgIpc) is 2.63. The Bertz CT molecular complexity index is 1040. The summed E-state index contributed by atoms with van der Waals surface area (Å²) in [7, 11) is 2.76. The Labute approximate surface area is 145 Å². The molecule has 8 heteroatoms. The van der Waals surface area contributed by atoms with Gasteiger partial charge in [0.05, 0.1) is 25.2 Å². The van der Waals surface area contributed by atoms with Crippen molar-refractivity contribution in [1.82, 2.24) is 0 Å². The minimum atomic E-state index is -4.57. The molecular formula is C18H13F3O5. The van der Waals surface area contributed by atoms with Crippen molar-refractivity contribution in [2.24, 2.45) is 0 Å². The molecule has 2 aromatic carbocycles. The van der Waals surface area contributed by atoms with Crippen molar-refractivity contribution in [2.45, 2.75) is 6.18 Å². The van der Waals surface area contributed by atoms with E-state index in [0.717, 1.165) is 18.2 Å². The van der Waals surface area contributed by atoms with E-state index in [9.17, 15) is 23.1 Å². The van der Waals surface area contributed by atoms with E-state index in [1.165, 1.54) is 32.4 Å². The van der Waals surface area contributed by atoms with Crippen LogP contribution in [0, 0.1) is 0 Å². The maximum Gasteiger partial charge on any atom is 0.416 e. The van der Waals surface area contributed by atoms with Crippen molar-refractivity contribution in [1.29, 1.82) is 0 Å². The van der Waals surface area contributed by atoms with Crippen LogP contribution in [0.1, 0.15) is 5.56 Å². The highest BCUT2D eigenvalue weighted by Crippen LogP contribution is 2.37. The second-order valence-corrected chi connectivity index (χ2v) is 5.39. The number of halogens is 3. The van der Waals surface area contributed by atoms with Crippen LogP contribution in [0.3, 0.4) is 0 Å². The topological polar surface area (TPSA) is 68.9 Å². The summed E-state index contributed by atoms with van der Waals surface area (Å²) in [5.41, 5.74) is -1.76. The Balaban J connectivity index is 2.28. The van der Waals surface area contributed by atoms with Crippen LogP contribution in [0.4, 0.5) is 13.2 Å². The van der Waals surface area contributed by atoms with Gasteiger partial charge in [-0.15, -0.1) is 0 Å². The predicted octanol–water partition coefficient (Wildman–Crippen LogP) is 4.20. The Morgan fingerprint density at radius 3 is 2.31 bits per heavy atom. The van der Waals surface area contributed by atoms with Crippen LogP contribution in [0.2, 0.25) is 0 Å². The fourth-order valence-corrected chi connectivity index (χ4v) is 2.54. The Morgan fingerprint density at radius 2 is 1.69 bits per heavy atom. The largest absolute Gasteiger partial charge is 0.502 e. The molecular weight excluding hydrogens is 353 g/mol. The normalized spacial score (nSPS) is 11.6. The highest BCUT2D eigenvalue weighted by molar-refractivity contribution is 5.85. The summed E-state index contributed by atoms with van der Waals surface area (Å²) in [6.45, 7) is 0. The summed E-state index contributed by atoms with van der Waals surface area (Å²) in [6, 6.07) is 6.84. The predicted molar refractivity (Wildman–Crippen MR) is 87.7 cm³/mol. The van der Waals surface area contributed by atoms with Gasteiger partial charge < -0.3 is 19.0 Å². The zero-order chi connectivity index (χ0) is 19.1. The van der Waals surface area contributed by atoms with E-state index in [1.807, 2.05) is 0 Å². The van der Waals surface area contributed by atoms with Gasteiger partial charge in [-0.3, -0.25) is 4.79 Å². The van der Waals surface area contributed by atoms with E-state index in [-0.39, 0.29) is 33.8 Å². The number of ether oxygens (including phenoxy) is 2. The molecule has 0 saturated carbocycles. The molecule has 3 aromatic rings. The van der Waals surface area contributed by atoms with Crippen LogP contribution in [-0.2, 0) is 6.18 Å². The summed E-state index contributed by atoms with van der Waals surface area (Å²) in [4.78, 5) is 12.4. The summed E-state index contributed by atoms with van der Waals surface area (Å²) in [5, 5.41) is 10.2. The molecule has 1 aromatic heterocycles. The van der Waals surface area contributed by atoms with Crippen molar-refractivity contribution in [3.63, 3.8) is 0 Å². The van der Waals surface area contributed by atoms with Crippen LogP contribution in [-0.4, -0.2) is 19.3 Å². The third-order valence-corrected chi connectivity index (χ3v) is 3.82.